The summed E-state index contributed by atoms with van der Waals surface area (Å²) in [5, 5.41) is 13.3. The number of nitrogens with zero attached hydrogens (tertiary/aromatic N) is 2. The van der Waals surface area contributed by atoms with Crippen molar-refractivity contribution in [3.63, 3.8) is 0 Å². The van der Waals surface area contributed by atoms with Crippen LogP contribution in [-0.4, -0.2) is 27.6 Å². The van der Waals surface area contributed by atoms with E-state index < -0.39 is 0 Å². The molecule has 1 N–H and O–H groups in total. The van der Waals surface area contributed by atoms with Crippen LogP contribution in [0.2, 0.25) is 0 Å². The Kier molecular flexibility index (Phi) is 6.19. The van der Waals surface area contributed by atoms with Gasteiger partial charge in [0.25, 0.3) is 11.1 Å². The molecule has 0 saturated carbocycles. The number of Topliss-reactive ketones (excluding diaryl/α,β-unsaturated/α-hetero) is 1. The fourth-order valence-corrected chi connectivity index (χ4v) is 3.62. The Balaban J connectivity index is 1.44. The van der Waals surface area contributed by atoms with Gasteiger partial charge in [-0.2, -0.15) is 0 Å². The van der Waals surface area contributed by atoms with Crippen LogP contribution in [0.5, 0.6) is 0 Å². The third-order valence-corrected chi connectivity index (χ3v) is 5.26. The molecule has 3 aromatic rings. The fourth-order valence-electron chi connectivity index (χ4n) is 2.27. The van der Waals surface area contributed by atoms with Gasteiger partial charge in [-0.3, -0.25) is 9.59 Å². The van der Waals surface area contributed by atoms with Crippen molar-refractivity contribution in [3.05, 3.63) is 47.3 Å². The maximum Gasteiger partial charge on any atom is 0.276 e. The summed E-state index contributed by atoms with van der Waals surface area (Å²) in [5.41, 5.74) is 1.07. The van der Waals surface area contributed by atoms with E-state index in [0.29, 0.717) is 41.0 Å². The van der Waals surface area contributed by atoms with Crippen LogP contribution in [0.25, 0.3) is 10.8 Å². The fraction of sp³-hybridized carbons (Fsp3) is 0.222. The number of benzene rings is 1. The zero-order chi connectivity index (χ0) is 18.4. The number of aromatic nitrogens is 2. The molecular weight excluding hydrogens is 370 g/mol. The summed E-state index contributed by atoms with van der Waals surface area (Å²) in [6.45, 7) is 1.48. The van der Waals surface area contributed by atoms with Gasteiger partial charge in [-0.25, -0.2) is 0 Å². The highest BCUT2D eigenvalue weighted by Crippen LogP contribution is 2.26. The zero-order valence-electron chi connectivity index (χ0n) is 14.1. The van der Waals surface area contributed by atoms with E-state index in [4.69, 9.17) is 4.42 Å². The largest absolute Gasteiger partial charge is 0.410 e. The molecule has 6 nitrogen and oxygen atoms in total. The second-order valence-corrected chi connectivity index (χ2v) is 7.45. The van der Waals surface area contributed by atoms with Crippen LogP contribution in [0, 0.1) is 0 Å². The number of para-hydroxylation sites is 1. The van der Waals surface area contributed by atoms with E-state index in [1.54, 1.807) is 35.6 Å². The lowest BCUT2D eigenvalue weighted by Gasteiger charge is -2.08. The first-order chi connectivity index (χ1) is 12.6. The Morgan fingerprint density at radius 3 is 2.81 bits per heavy atom. The summed E-state index contributed by atoms with van der Waals surface area (Å²) in [6.07, 6.45) is 1.01. The van der Waals surface area contributed by atoms with Gasteiger partial charge in [0.2, 0.25) is 5.91 Å². The molecule has 0 atom stereocenters. The highest BCUT2D eigenvalue weighted by Gasteiger charge is 2.11. The van der Waals surface area contributed by atoms with Gasteiger partial charge in [-0.1, -0.05) is 30.0 Å². The molecule has 0 radical (unpaired) electrons. The van der Waals surface area contributed by atoms with Gasteiger partial charge in [0.05, 0.1) is 10.6 Å². The number of ketones is 1. The lowest BCUT2D eigenvalue weighted by molar-refractivity contribution is -0.116. The predicted octanol–water partition coefficient (Wildman–Crippen LogP) is 4.51. The minimum atomic E-state index is -0.121. The quantitative estimate of drug-likeness (QED) is 0.348. The Morgan fingerprint density at radius 2 is 2.04 bits per heavy atom. The minimum absolute atomic E-state index is 0.0746. The van der Waals surface area contributed by atoms with Crippen LogP contribution in [0.15, 0.2) is 51.4 Å². The number of thioether (sulfide) groups is 1. The molecule has 2 aromatic heterocycles. The maximum atomic E-state index is 12.1. The smallest absolute Gasteiger partial charge is 0.276 e. The number of hydrogen-bond donors (Lipinski definition) is 1. The molecule has 134 valence electrons. The molecule has 0 spiro atoms. The van der Waals surface area contributed by atoms with E-state index in [2.05, 4.69) is 15.5 Å². The number of carbonyl (C=O) groups excluding carboxylic acids is 2. The molecule has 0 bridgehead atoms. The topological polar surface area (TPSA) is 85.1 Å². The summed E-state index contributed by atoms with van der Waals surface area (Å²) < 4.78 is 5.59. The summed E-state index contributed by atoms with van der Waals surface area (Å²) in [7, 11) is 0. The van der Waals surface area contributed by atoms with E-state index in [1.807, 2.05) is 17.5 Å². The van der Waals surface area contributed by atoms with Crippen molar-refractivity contribution < 1.29 is 14.0 Å². The van der Waals surface area contributed by atoms with Crippen LogP contribution in [0.3, 0.4) is 0 Å². The van der Waals surface area contributed by atoms with E-state index in [9.17, 15) is 9.59 Å². The standard InChI is InChI=1S/C18H17N3O3S2/c1-12(22)13-6-2-3-7-14(13)19-16(23)9-5-11-26-18-21-20-17(24-18)15-8-4-10-25-15/h2-4,6-8,10H,5,9,11H2,1H3,(H,19,23). The first-order valence-electron chi connectivity index (χ1n) is 8.03. The molecule has 26 heavy (non-hydrogen) atoms. The van der Waals surface area contributed by atoms with Crippen LogP contribution in [0.4, 0.5) is 5.69 Å². The first-order valence-corrected chi connectivity index (χ1v) is 9.90. The SMILES string of the molecule is CC(=O)c1ccccc1NC(=O)CCCSc1nnc(-c2cccs2)o1. The summed E-state index contributed by atoms with van der Waals surface area (Å²) in [5.74, 6) is 1.01. The van der Waals surface area contributed by atoms with Crippen molar-refractivity contribution in [1.29, 1.82) is 0 Å². The van der Waals surface area contributed by atoms with E-state index in [0.717, 1.165) is 4.88 Å². The first kappa shape index (κ1) is 18.3. The molecule has 0 saturated heterocycles. The van der Waals surface area contributed by atoms with Gasteiger partial charge in [0.15, 0.2) is 5.78 Å². The van der Waals surface area contributed by atoms with Crippen molar-refractivity contribution in [2.75, 3.05) is 11.1 Å². The Labute approximate surface area is 159 Å². The number of nitrogens with one attached hydrogen (secondary N) is 1. The van der Waals surface area contributed by atoms with Gasteiger partial charge in [0.1, 0.15) is 0 Å². The molecule has 0 fully saturated rings. The summed E-state index contributed by atoms with van der Waals surface area (Å²) >= 11 is 2.97. The van der Waals surface area contributed by atoms with Gasteiger partial charge in [-0.15, -0.1) is 21.5 Å². The van der Waals surface area contributed by atoms with Crippen LogP contribution in [0.1, 0.15) is 30.1 Å². The monoisotopic (exact) mass is 387 g/mol. The van der Waals surface area contributed by atoms with E-state index in [-0.39, 0.29) is 11.7 Å². The average Bonchev–Trinajstić information content (AvgIpc) is 3.30. The number of hydrogen-bond acceptors (Lipinski definition) is 7. The molecular formula is C18H17N3O3S2. The zero-order valence-corrected chi connectivity index (χ0v) is 15.7. The van der Waals surface area contributed by atoms with Gasteiger partial charge < -0.3 is 9.73 Å². The molecule has 3 rings (SSSR count). The number of rotatable bonds is 8. The Bertz CT molecular complexity index is 891. The Hall–Kier alpha value is -2.45. The number of carbonyl (C=O) groups is 2. The third-order valence-electron chi connectivity index (χ3n) is 3.49. The minimum Gasteiger partial charge on any atom is -0.410 e. The second kappa shape index (κ2) is 8.77. The highest BCUT2D eigenvalue weighted by molar-refractivity contribution is 7.99. The molecule has 2 heterocycles. The second-order valence-electron chi connectivity index (χ2n) is 5.45. The van der Waals surface area contributed by atoms with Crippen LogP contribution < -0.4 is 5.32 Å². The molecule has 0 aliphatic heterocycles. The predicted molar refractivity (Wildman–Crippen MR) is 103 cm³/mol. The van der Waals surface area contributed by atoms with Crippen molar-refractivity contribution in [3.8, 4) is 10.8 Å². The molecule has 0 aliphatic rings. The lowest BCUT2D eigenvalue weighted by Crippen LogP contribution is -2.13. The molecule has 1 amide bonds. The van der Waals surface area contributed by atoms with E-state index in [1.165, 1.54) is 18.7 Å². The molecule has 1 aromatic carbocycles. The number of thiophene rings is 1. The highest BCUT2D eigenvalue weighted by atomic mass is 32.2. The molecule has 8 heteroatoms. The number of anilines is 1. The van der Waals surface area contributed by atoms with Gasteiger partial charge in [0, 0.05) is 17.7 Å². The van der Waals surface area contributed by atoms with Crippen molar-refractivity contribution in [2.24, 2.45) is 0 Å². The summed E-state index contributed by atoms with van der Waals surface area (Å²) in [4.78, 5) is 24.6. The van der Waals surface area contributed by atoms with Crippen LogP contribution in [-0.2, 0) is 4.79 Å². The average molecular weight is 387 g/mol. The normalized spacial score (nSPS) is 10.7. The number of amides is 1. The van der Waals surface area contributed by atoms with Crippen molar-refractivity contribution >= 4 is 40.5 Å². The molecule has 0 unspecified atom stereocenters. The molecule has 0 aliphatic carbocycles. The Morgan fingerprint density at radius 1 is 1.19 bits per heavy atom. The van der Waals surface area contributed by atoms with Gasteiger partial charge in [-0.05, 0) is 36.9 Å². The lowest BCUT2D eigenvalue weighted by atomic mass is 10.1. The third kappa shape index (κ3) is 4.80. The van der Waals surface area contributed by atoms with Crippen molar-refractivity contribution in [1.82, 2.24) is 10.2 Å². The van der Waals surface area contributed by atoms with E-state index >= 15 is 0 Å². The summed E-state index contributed by atoms with van der Waals surface area (Å²) in [6, 6.07) is 10.9. The van der Waals surface area contributed by atoms with Crippen LogP contribution >= 0.6 is 23.1 Å². The van der Waals surface area contributed by atoms with Crippen molar-refractivity contribution in [2.45, 2.75) is 25.0 Å². The maximum absolute atomic E-state index is 12.1. The van der Waals surface area contributed by atoms with Gasteiger partial charge >= 0.3 is 0 Å².